The molecule has 6 aromatic carbocycles. The molecule has 1 aliphatic carbocycles. The molecule has 5 nitrogen and oxygen atoms in total. The Kier molecular flexibility index (Phi) is 8.05. The highest BCUT2D eigenvalue weighted by Crippen LogP contribution is 2.52. The molecule has 0 aliphatic heterocycles. The van der Waals surface area contributed by atoms with Gasteiger partial charge in [-0.1, -0.05) is 60.7 Å². The average molecular weight is 626 g/mol. The molecule has 0 saturated heterocycles. The summed E-state index contributed by atoms with van der Waals surface area (Å²) >= 11 is 0. The number of anilines is 2. The number of hydrogen-bond donors (Lipinski definition) is 0. The maximum atomic E-state index is 14.7. The Morgan fingerprint density at radius 1 is 0.688 bits per heavy atom. The molecule has 5 heteroatoms. The van der Waals surface area contributed by atoms with Crippen LogP contribution in [0.1, 0.15) is 44.7 Å². The first-order chi connectivity index (χ1) is 23.5. The monoisotopic (exact) mass is 625 g/mol. The van der Waals surface area contributed by atoms with Crippen LogP contribution in [0.15, 0.2) is 108 Å². The Balaban J connectivity index is 1.52. The van der Waals surface area contributed by atoms with E-state index in [0.29, 0.717) is 11.1 Å². The van der Waals surface area contributed by atoms with E-state index in [9.17, 15) is 10.2 Å². The number of carbonyl (C=O) groups is 1. The van der Waals surface area contributed by atoms with Gasteiger partial charge in [-0.2, -0.15) is 0 Å². The smallest absolute Gasteiger partial charge is 0.210 e. The number of Topliss-reactive ketones (excluding diaryl/α,β-unsaturated/α-hetero) is 1. The second-order valence-electron chi connectivity index (χ2n) is 12.3. The van der Waals surface area contributed by atoms with Gasteiger partial charge in [-0.3, -0.25) is 10.7 Å². The molecule has 1 aliphatic rings. The zero-order valence-electron chi connectivity index (χ0n) is 27.8. The first kappa shape index (κ1) is 30.9. The van der Waals surface area contributed by atoms with Crippen LogP contribution in [-0.4, -0.2) is 37.8 Å². The van der Waals surface area contributed by atoms with E-state index in [-0.39, 0.29) is 11.5 Å². The van der Waals surface area contributed by atoms with E-state index in [1.807, 2.05) is 36.4 Å². The predicted molar refractivity (Wildman–Crippen MR) is 203 cm³/mol. The van der Waals surface area contributed by atoms with E-state index in [0.717, 1.165) is 91.8 Å². The van der Waals surface area contributed by atoms with Gasteiger partial charge < -0.3 is 15.2 Å². The van der Waals surface area contributed by atoms with Crippen molar-refractivity contribution in [3.8, 4) is 0 Å². The molecule has 0 aromatic heterocycles. The van der Waals surface area contributed by atoms with Gasteiger partial charge in [0.25, 0.3) is 0 Å². The third-order valence-electron chi connectivity index (χ3n) is 10.1. The summed E-state index contributed by atoms with van der Waals surface area (Å²) in [6.07, 6.45) is 0. The molecule has 0 spiro atoms. The second-order valence-corrected chi connectivity index (χ2v) is 12.3. The quantitative estimate of drug-likeness (QED) is 0.0913. The first-order valence-corrected chi connectivity index (χ1v) is 16.8. The summed E-state index contributed by atoms with van der Waals surface area (Å²) in [5, 5.41) is 18.8. The van der Waals surface area contributed by atoms with Crippen LogP contribution in [0.4, 0.5) is 11.4 Å². The average Bonchev–Trinajstić information content (AvgIpc) is 3.12. The van der Waals surface area contributed by atoms with Gasteiger partial charge in [-0.05, 0) is 113 Å². The summed E-state index contributed by atoms with van der Waals surface area (Å²) in [4.78, 5) is 23.0. The van der Waals surface area contributed by atoms with Crippen molar-refractivity contribution in [1.82, 2.24) is 0 Å². The Morgan fingerprint density at radius 3 is 1.62 bits per heavy atom. The van der Waals surface area contributed by atoms with Crippen molar-refractivity contribution in [1.29, 1.82) is 0 Å². The number of benzene rings is 6. The maximum Gasteiger partial charge on any atom is 0.210 e. The van der Waals surface area contributed by atoms with Gasteiger partial charge in [0.1, 0.15) is 0 Å². The number of allylic oxidation sites excluding steroid dienone is 2. The molecule has 0 N–H and O–H groups in total. The molecule has 48 heavy (non-hydrogen) atoms. The summed E-state index contributed by atoms with van der Waals surface area (Å²) in [6.45, 7) is 20.0. The van der Waals surface area contributed by atoms with Gasteiger partial charge in [0, 0.05) is 53.9 Å². The van der Waals surface area contributed by atoms with Crippen molar-refractivity contribution in [2.24, 2.45) is 0 Å². The standard InChI is InChI=1S/C43H37N4O/c1-6-46(7-2)38-20-18-31(33-22-27-14-10-12-16-29(27)24-35(33)38)40-42(37(26-44)45-5)41(43(40)48)32-19-21-39(47(8-3)9-4)36-25-30-17-13-11-15-28(30)23-34(32)36/h10-25,40H,6-9H2,1-4H3/q-1. The third kappa shape index (κ3) is 4.77. The molecule has 0 fully saturated rings. The number of hydrogen-bond acceptors (Lipinski definition) is 3. The van der Waals surface area contributed by atoms with Crippen LogP contribution in [0, 0.1) is 6.57 Å². The highest BCUT2D eigenvalue weighted by molar-refractivity contribution is 6.37. The third-order valence-corrected chi connectivity index (χ3v) is 10.1. The molecular formula is C43H37N4O-. The van der Waals surface area contributed by atoms with Crippen molar-refractivity contribution in [3.63, 3.8) is 0 Å². The highest BCUT2D eigenvalue weighted by Gasteiger charge is 2.43. The Hall–Kier alpha value is -5.69. The molecule has 0 bridgehead atoms. The summed E-state index contributed by atoms with van der Waals surface area (Å²) in [5.74, 6) is 1.39. The molecule has 0 amide bonds. The van der Waals surface area contributed by atoms with Crippen molar-refractivity contribution in [3.05, 3.63) is 136 Å². The molecule has 0 radical (unpaired) electrons. The zero-order valence-corrected chi connectivity index (χ0v) is 27.8. The lowest BCUT2D eigenvalue weighted by molar-refractivity contribution is -0.115. The topological polar surface area (TPSA) is 50.2 Å². The van der Waals surface area contributed by atoms with Crippen LogP contribution in [-0.2, 0) is 4.79 Å². The van der Waals surface area contributed by atoms with Crippen LogP contribution in [0.5, 0.6) is 0 Å². The minimum Gasteiger partial charge on any atom is -0.775 e. The van der Waals surface area contributed by atoms with E-state index in [1.165, 1.54) is 0 Å². The highest BCUT2D eigenvalue weighted by atomic mass is 16.1. The Bertz CT molecular complexity index is 2400. The van der Waals surface area contributed by atoms with Gasteiger partial charge in [-0.15, -0.1) is 0 Å². The van der Waals surface area contributed by atoms with Crippen LogP contribution >= 0.6 is 0 Å². The van der Waals surface area contributed by atoms with E-state index in [4.69, 9.17) is 6.57 Å². The van der Waals surface area contributed by atoms with Crippen molar-refractivity contribution < 1.29 is 4.79 Å². The van der Waals surface area contributed by atoms with Crippen LogP contribution in [0.2, 0.25) is 0 Å². The summed E-state index contributed by atoms with van der Waals surface area (Å²) in [6, 6.07) is 33.5. The van der Waals surface area contributed by atoms with E-state index >= 15 is 0 Å². The maximum absolute atomic E-state index is 14.7. The van der Waals surface area contributed by atoms with Crippen LogP contribution < -0.4 is 9.80 Å². The molecular weight excluding hydrogens is 589 g/mol. The minimum atomic E-state index is -0.712. The van der Waals surface area contributed by atoms with Crippen LogP contribution in [0.3, 0.4) is 0 Å². The van der Waals surface area contributed by atoms with Crippen molar-refractivity contribution in [2.45, 2.75) is 33.6 Å². The Labute approximate surface area is 281 Å². The van der Waals surface area contributed by atoms with Gasteiger partial charge in [0.15, 0.2) is 5.78 Å². The number of carbonyl (C=O) groups excluding carboxylic acids is 1. The number of rotatable bonds is 9. The fourth-order valence-electron chi connectivity index (χ4n) is 7.66. The SMILES string of the molecule is [C-]#[N+]C(=C=[N-])C1=C(c2ccc(N(CC)CC)c3cc4ccccc4cc23)C(=O)C1c1ccc(N(CC)CC)c2cc3ccccc3cc12. The van der Waals surface area contributed by atoms with E-state index in [1.54, 1.807) is 0 Å². The van der Waals surface area contributed by atoms with Crippen molar-refractivity contribution in [2.75, 3.05) is 36.0 Å². The number of ketones is 1. The molecule has 1 unspecified atom stereocenters. The second kappa shape index (κ2) is 12.5. The summed E-state index contributed by atoms with van der Waals surface area (Å²) in [5.41, 5.74) is 4.79. The summed E-state index contributed by atoms with van der Waals surface area (Å²) < 4.78 is 0. The normalized spacial score (nSPS) is 14.3. The lowest BCUT2D eigenvalue weighted by atomic mass is 9.67. The van der Waals surface area contributed by atoms with E-state index < -0.39 is 5.92 Å². The van der Waals surface area contributed by atoms with Gasteiger partial charge >= 0.3 is 0 Å². The lowest BCUT2D eigenvalue weighted by Gasteiger charge is -2.35. The van der Waals surface area contributed by atoms with E-state index in [2.05, 4.69) is 109 Å². The Morgan fingerprint density at radius 2 is 1.15 bits per heavy atom. The fourth-order valence-corrected chi connectivity index (χ4v) is 7.66. The zero-order chi connectivity index (χ0) is 33.5. The molecule has 7 rings (SSSR count). The minimum absolute atomic E-state index is 0.0295. The lowest BCUT2D eigenvalue weighted by Crippen LogP contribution is -2.30. The van der Waals surface area contributed by atoms with Crippen molar-refractivity contribution >= 4 is 71.7 Å². The first-order valence-electron chi connectivity index (χ1n) is 16.8. The van der Waals surface area contributed by atoms with Gasteiger partial charge in [0.05, 0.1) is 12.5 Å². The fraction of sp³-hybridized carbons (Fsp3) is 0.209. The predicted octanol–water partition coefficient (Wildman–Crippen LogP) is 10.2. The molecule has 0 heterocycles. The van der Waals surface area contributed by atoms with Gasteiger partial charge in [0.2, 0.25) is 5.70 Å². The van der Waals surface area contributed by atoms with Gasteiger partial charge in [-0.25, -0.2) is 4.85 Å². The molecule has 0 saturated carbocycles. The summed E-state index contributed by atoms with van der Waals surface area (Å²) in [7, 11) is 0. The number of nitrogens with zero attached hydrogens (tertiary/aromatic N) is 4. The molecule has 236 valence electrons. The van der Waals surface area contributed by atoms with Crippen LogP contribution in [0.25, 0.3) is 58.9 Å². The largest absolute Gasteiger partial charge is 0.775 e. The number of fused-ring (bicyclic) bond motifs is 4. The molecule has 1 atom stereocenters. The molecule has 6 aromatic rings.